The van der Waals surface area contributed by atoms with Gasteiger partial charge in [-0.2, -0.15) is 4.98 Å². The Kier molecular flexibility index (Phi) is 5.90. The summed E-state index contributed by atoms with van der Waals surface area (Å²) in [6, 6.07) is 12.5. The molecule has 0 bridgehead atoms. The zero-order chi connectivity index (χ0) is 17.6. The van der Waals surface area contributed by atoms with Gasteiger partial charge in [-0.15, -0.1) is 0 Å². The van der Waals surface area contributed by atoms with E-state index in [1.165, 1.54) is 12.8 Å². The fourth-order valence-electron chi connectivity index (χ4n) is 3.28. The van der Waals surface area contributed by atoms with E-state index in [-0.39, 0.29) is 0 Å². The molecular weight excluding hydrogens is 308 g/mol. The van der Waals surface area contributed by atoms with Crippen LogP contribution in [-0.4, -0.2) is 29.6 Å². The van der Waals surface area contributed by atoms with Gasteiger partial charge < -0.3 is 10.2 Å². The topological polar surface area (TPSA) is 41.1 Å². The molecule has 25 heavy (non-hydrogen) atoms. The average molecular weight is 338 g/mol. The first-order valence-corrected chi connectivity index (χ1v) is 9.55. The number of nitrogens with one attached hydrogen (secondary N) is 1. The predicted octanol–water partition coefficient (Wildman–Crippen LogP) is 4.84. The van der Waals surface area contributed by atoms with Crippen molar-refractivity contribution in [3.8, 4) is 11.3 Å². The smallest absolute Gasteiger partial charge is 0.227 e. The van der Waals surface area contributed by atoms with Crippen molar-refractivity contribution < 1.29 is 0 Å². The van der Waals surface area contributed by atoms with Gasteiger partial charge in [-0.05, 0) is 31.1 Å². The van der Waals surface area contributed by atoms with Gasteiger partial charge in [0.2, 0.25) is 5.95 Å². The van der Waals surface area contributed by atoms with Gasteiger partial charge in [0.05, 0.1) is 5.69 Å². The third-order valence-corrected chi connectivity index (χ3v) is 4.75. The van der Waals surface area contributed by atoms with Crippen molar-refractivity contribution in [3.05, 3.63) is 36.4 Å². The number of aromatic nitrogens is 2. The van der Waals surface area contributed by atoms with Crippen LogP contribution in [0.15, 0.2) is 36.4 Å². The minimum atomic E-state index is 0.686. The van der Waals surface area contributed by atoms with Gasteiger partial charge in [-0.1, -0.05) is 51.1 Å². The highest BCUT2D eigenvalue weighted by Crippen LogP contribution is 2.26. The summed E-state index contributed by atoms with van der Waals surface area (Å²) in [5.74, 6) is 3.18. The second kappa shape index (κ2) is 8.32. The van der Waals surface area contributed by atoms with E-state index in [0.717, 1.165) is 49.1 Å². The van der Waals surface area contributed by atoms with Gasteiger partial charge in [0, 0.05) is 31.3 Å². The lowest BCUT2D eigenvalue weighted by atomic mass is 10.0. The largest absolute Gasteiger partial charge is 0.370 e. The maximum atomic E-state index is 4.88. The zero-order valence-corrected chi connectivity index (χ0v) is 15.7. The number of nitrogens with zero attached hydrogens (tertiary/aromatic N) is 3. The summed E-state index contributed by atoms with van der Waals surface area (Å²) in [5, 5.41) is 3.50. The molecule has 1 atom stereocenters. The molecule has 0 aliphatic carbocycles. The first kappa shape index (κ1) is 17.7. The Morgan fingerprint density at radius 3 is 2.72 bits per heavy atom. The van der Waals surface area contributed by atoms with E-state index in [4.69, 9.17) is 9.97 Å². The number of hydrogen-bond donors (Lipinski definition) is 1. The second-order valence-corrected chi connectivity index (χ2v) is 7.61. The third kappa shape index (κ3) is 4.94. The molecule has 1 aliphatic heterocycles. The maximum Gasteiger partial charge on any atom is 0.227 e. The Labute approximate surface area is 151 Å². The molecule has 0 amide bonds. The number of benzene rings is 1. The molecule has 4 nitrogen and oxygen atoms in total. The van der Waals surface area contributed by atoms with Crippen LogP contribution >= 0.6 is 0 Å². The molecule has 1 unspecified atom stereocenters. The molecule has 1 fully saturated rings. The SMILES string of the molecule is CC(C)CCNc1cc(-c2ccccc2)nc(N2CCCC(C)C2)n1. The fourth-order valence-corrected chi connectivity index (χ4v) is 3.28. The zero-order valence-electron chi connectivity index (χ0n) is 15.7. The van der Waals surface area contributed by atoms with Crippen LogP contribution in [0.1, 0.15) is 40.0 Å². The van der Waals surface area contributed by atoms with E-state index in [1.807, 2.05) is 6.07 Å². The summed E-state index contributed by atoms with van der Waals surface area (Å²) in [4.78, 5) is 12.0. The number of rotatable bonds is 6. The van der Waals surface area contributed by atoms with Gasteiger partial charge in [0.1, 0.15) is 5.82 Å². The molecule has 0 saturated carbocycles. The monoisotopic (exact) mass is 338 g/mol. The number of piperidine rings is 1. The molecule has 1 saturated heterocycles. The van der Waals surface area contributed by atoms with Crippen molar-refractivity contribution in [1.82, 2.24) is 9.97 Å². The van der Waals surface area contributed by atoms with Gasteiger partial charge in [-0.3, -0.25) is 0 Å². The van der Waals surface area contributed by atoms with E-state index < -0.39 is 0 Å². The lowest BCUT2D eigenvalue weighted by molar-refractivity contribution is 0.442. The highest BCUT2D eigenvalue weighted by atomic mass is 15.3. The van der Waals surface area contributed by atoms with E-state index in [0.29, 0.717) is 11.8 Å². The molecule has 2 aromatic rings. The maximum absolute atomic E-state index is 4.88. The van der Waals surface area contributed by atoms with Crippen LogP contribution in [0.25, 0.3) is 11.3 Å². The first-order chi connectivity index (χ1) is 12.1. The Hall–Kier alpha value is -2.10. The Bertz CT molecular complexity index is 669. The summed E-state index contributed by atoms with van der Waals surface area (Å²) in [7, 11) is 0. The van der Waals surface area contributed by atoms with Crippen LogP contribution in [-0.2, 0) is 0 Å². The summed E-state index contributed by atoms with van der Waals surface area (Å²) < 4.78 is 0. The van der Waals surface area contributed by atoms with E-state index >= 15 is 0 Å². The van der Waals surface area contributed by atoms with Crippen LogP contribution in [0.4, 0.5) is 11.8 Å². The predicted molar refractivity (Wildman–Crippen MR) is 106 cm³/mol. The standard InChI is InChI=1S/C21H30N4/c1-16(2)11-12-22-20-14-19(18-9-5-4-6-10-18)23-21(24-20)25-13-7-8-17(3)15-25/h4-6,9-10,14,16-17H,7-8,11-13,15H2,1-3H3,(H,22,23,24). The first-order valence-electron chi connectivity index (χ1n) is 9.55. The number of hydrogen-bond acceptors (Lipinski definition) is 4. The van der Waals surface area contributed by atoms with E-state index in [9.17, 15) is 0 Å². The molecule has 3 rings (SSSR count). The molecule has 0 spiro atoms. The highest BCUT2D eigenvalue weighted by molar-refractivity contribution is 5.64. The molecule has 1 aromatic carbocycles. The van der Waals surface area contributed by atoms with Gasteiger partial charge in [0.15, 0.2) is 0 Å². The molecule has 2 heterocycles. The summed E-state index contributed by atoms with van der Waals surface area (Å²) in [6.07, 6.45) is 3.66. The molecular formula is C21H30N4. The molecule has 4 heteroatoms. The average Bonchev–Trinajstić information content (AvgIpc) is 2.62. The quantitative estimate of drug-likeness (QED) is 0.818. The van der Waals surface area contributed by atoms with Gasteiger partial charge in [0.25, 0.3) is 0 Å². The van der Waals surface area contributed by atoms with Crippen molar-refractivity contribution in [3.63, 3.8) is 0 Å². The fraction of sp³-hybridized carbons (Fsp3) is 0.524. The van der Waals surface area contributed by atoms with Gasteiger partial charge in [-0.25, -0.2) is 4.98 Å². The second-order valence-electron chi connectivity index (χ2n) is 7.61. The van der Waals surface area contributed by atoms with Crippen LogP contribution < -0.4 is 10.2 Å². The van der Waals surface area contributed by atoms with Crippen LogP contribution in [0.5, 0.6) is 0 Å². The minimum absolute atomic E-state index is 0.686. The van der Waals surface area contributed by atoms with Crippen molar-refractivity contribution in [2.45, 2.75) is 40.0 Å². The van der Waals surface area contributed by atoms with Crippen LogP contribution in [0.2, 0.25) is 0 Å². The molecule has 1 aromatic heterocycles. The van der Waals surface area contributed by atoms with Crippen molar-refractivity contribution >= 4 is 11.8 Å². The molecule has 0 radical (unpaired) electrons. The Morgan fingerprint density at radius 2 is 2.00 bits per heavy atom. The highest BCUT2D eigenvalue weighted by Gasteiger charge is 2.20. The van der Waals surface area contributed by atoms with Crippen molar-refractivity contribution in [2.24, 2.45) is 11.8 Å². The van der Waals surface area contributed by atoms with E-state index in [2.05, 4.69) is 61.3 Å². The Morgan fingerprint density at radius 1 is 1.20 bits per heavy atom. The Balaban J connectivity index is 1.87. The number of anilines is 2. The minimum Gasteiger partial charge on any atom is -0.370 e. The van der Waals surface area contributed by atoms with Gasteiger partial charge >= 0.3 is 0 Å². The normalized spacial score (nSPS) is 17.8. The van der Waals surface area contributed by atoms with E-state index in [1.54, 1.807) is 0 Å². The van der Waals surface area contributed by atoms with Crippen molar-refractivity contribution in [1.29, 1.82) is 0 Å². The summed E-state index contributed by atoms with van der Waals surface area (Å²) >= 11 is 0. The summed E-state index contributed by atoms with van der Waals surface area (Å²) in [5.41, 5.74) is 2.14. The summed E-state index contributed by atoms with van der Waals surface area (Å²) in [6.45, 7) is 9.85. The molecule has 134 valence electrons. The molecule has 1 N–H and O–H groups in total. The lowest BCUT2D eigenvalue weighted by Crippen LogP contribution is -2.35. The van der Waals surface area contributed by atoms with Crippen molar-refractivity contribution in [2.75, 3.05) is 29.9 Å². The third-order valence-electron chi connectivity index (χ3n) is 4.75. The van der Waals surface area contributed by atoms with Crippen LogP contribution in [0.3, 0.4) is 0 Å². The van der Waals surface area contributed by atoms with Crippen LogP contribution in [0, 0.1) is 11.8 Å². The molecule has 1 aliphatic rings. The lowest BCUT2D eigenvalue weighted by Gasteiger charge is -2.31.